The molecule has 0 radical (unpaired) electrons. The molecule has 2 heterocycles. The Morgan fingerprint density at radius 3 is 3.00 bits per heavy atom. The van der Waals surface area contributed by atoms with Gasteiger partial charge >= 0.3 is 0 Å². The van der Waals surface area contributed by atoms with Gasteiger partial charge in [-0.2, -0.15) is 0 Å². The van der Waals surface area contributed by atoms with Crippen molar-refractivity contribution in [3.05, 3.63) is 25.4 Å². The number of likely N-dealkylation sites (N-methyl/N-ethyl adjacent to an activating group) is 1. The van der Waals surface area contributed by atoms with Crippen molar-refractivity contribution in [1.82, 2.24) is 14.9 Å². The molecule has 1 saturated heterocycles. The number of hydrogen-bond donors (Lipinski definition) is 1. The summed E-state index contributed by atoms with van der Waals surface area (Å²) in [7, 11) is 0. The zero-order valence-corrected chi connectivity index (χ0v) is 12.9. The fourth-order valence-electron chi connectivity index (χ4n) is 2.07. The summed E-state index contributed by atoms with van der Waals surface area (Å²) in [5.74, 6) is 0.662. The van der Waals surface area contributed by atoms with Crippen molar-refractivity contribution >= 4 is 22.6 Å². The van der Waals surface area contributed by atoms with E-state index in [1.54, 1.807) is 0 Å². The summed E-state index contributed by atoms with van der Waals surface area (Å²) in [6.45, 7) is 7.56. The fraction of sp³-hybridized carbons (Fsp3) is 0.667. The first-order valence-corrected chi connectivity index (χ1v) is 7.36. The van der Waals surface area contributed by atoms with Gasteiger partial charge in [-0.3, -0.25) is 9.69 Å². The molecule has 0 spiro atoms. The molecular formula is C12H18IN3O2. The molecule has 0 amide bonds. The largest absolute Gasteiger partial charge is 0.368 e. The summed E-state index contributed by atoms with van der Waals surface area (Å²) in [6.07, 6.45) is 0.646. The third-order valence-corrected chi connectivity index (χ3v) is 4.30. The molecule has 1 aromatic rings. The average molecular weight is 363 g/mol. The molecule has 1 unspecified atom stereocenters. The van der Waals surface area contributed by atoms with Crippen molar-refractivity contribution < 1.29 is 4.74 Å². The highest BCUT2D eigenvalue weighted by Crippen LogP contribution is 2.19. The van der Waals surface area contributed by atoms with Gasteiger partial charge in [0.15, 0.2) is 0 Å². The molecule has 0 aromatic carbocycles. The molecule has 1 N–H and O–H groups in total. The van der Waals surface area contributed by atoms with Crippen LogP contribution in [-0.2, 0) is 11.2 Å². The van der Waals surface area contributed by atoms with E-state index in [0.717, 1.165) is 31.7 Å². The molecule has 1 aromatic heterocycles. The molecular weight excluding hydrogens is 345 g/mol. The van der Waals surface area contributed by atoms with E-state index in [2.05, 4.69) is 21.8 Å². The first-order valence-electron chi connectivity index (χ1n) is 6.28. The van der Waals surface area contributed by atoms with E-state index < -0.39 is 0 Å². The summed E-state index contributed by atoms with van der Waals surface area (Å²) < 4.78 is 6.40. The van der Waals surface area contributed by atoms with Gasteiger partial charge in [0.2, 0.25) is 0 Å². The Labute approximate surface area is 120 Å². The monoisotopic (exact) mass is 363 g/mol. The summed E-state index contributed by atoms with van der Waals surface area (Å²) in [5.41, 5.74) is 0.793. The molecule has 0 saturated carbocycles. The fourth-order valence-corrected chi connectivity index (χ4v) is 2.70. The number of hydrogen-bond acceptors (Lipinski definition) is 4. The number of aryl methyl sites for hydroxylation is 1. The Hall–Kier alpha value is -0.470. The number of nitrogens with zero attached hydrogens (tertiary/aromatic N) is 2. The lowest BCUT2D eigenvalue weighted by Gasteiger charge is -2.31. The molecule has 1 fully saturated rings. The molecule has 0 bridgehead atoms. The second-order valence-electron chi connectivity index (χ2n) is 4.32. The van der Waals surface area contributed by atoms with Gasteiger partial charge in [-0.05, 0) is 35.6 Å². The molecule has 6 heteroatoms. The van der Waals surface area contributed by atoms with E-state index in [0.29, 0.717) is 16.0 Å². The maximum atomic E-state index is 11.8. The highest BCUT2D eigenvalue weighted by molar-refractivity contribution is 14.1. The lowest BCUT2D eigenvalue weighted by molar-refractivity contribution is -0.0328. The standard InChI is InChI=1S/C12H18IN3O2/c1-3-8-10(13)12(17)15-11(14-8)9-7-16(4-2)5-6-18-9/h9H,3-7H2,1-2H3,(H,14,15,17). The van der Waals surface area contributed by atoms with Crippen molar-refractivity contribution in [1.29, 1.82) is 0 Å². The molecule has 1 atom stereocenters. The van der Waals surface area contributed by atoms with Crippen LogP contribution >= 0.6 is 22.6 Å². The summed E-state index contributed by atoms with van der Waals surface area (Å²) >= 11 is 2.05. The van der Waals surface area contributed by atoms with E-state index in [1.807, 2.05) is 29.5 Å². The Morgan fingerprint density at radius 1 is 1.56 bits per heavy atom. The second-order valence-corrected chi connectivity index (χ2v) is 5.40. The van der Waals surface area contributed by atoms with Crippen molar-refractivity contribution in [3.63, 3.8) is 0 Å². The summed E-state index contributed by atoms with van der Waals surface area (Å²) in [4.78, 5) is 21.5. The number of nitrogens with one attached hydrogen (secondary N) is 1. The molecule has 18 heavy (non-hydrogen) atoms. The predicted octanol–water partition coefficient (Wildman–Crippen LogP) is 1.33. The first-order chi connectivity index (χ1) is 8.65. The van der Waals surface area contributed by atoms with Gasteiger partial charge in [0, 0.05) is 13.1 Å². The van der Waals surface area contributed by atoms with Crippen LogP contribution < -0.4 is 5.56 Å². The van der Waals surface area contributed by atoms with Gasteiger partial charge in [0.05, 0.1) is 15.9 Å². The van der Waals surface area contributed by atoms with Gasteiger partial charge in [0.25, 0.3) is 5.56 Å². The van der Waals surface area contributed by atoms with Crippen LogP contribution in [0, 0.1) is 3.57 Å². The highest BCUT2D eigenvalue weighted by atomic mass is 127. The maximum absolute atomic E-state index is 11.8. The van der Waals surface area contributed by atoms with Gasteiger partial charge in [-0.15, -0.1) is 0 Å². The number of halogens is 1. The lowest BCUT2D eigenvalue weighted by atomic mass is 10.2. The van der Waals surface area contributed by atoms with Gasteiger partial charge in [-0.1, -0.05) is 13.8 Å². The molecule has 1 aliphatic heterocycles. The maximum Gasteiger partial charge on any atom is 0.264 e. The van der Waals surface area contributed by atoms with Crippen LogP contribution in [0.3, 0.4) is 0 Å². The number of aromatic nitrogens is 2. The molecule has 2 rings (SSSR count). The molecule has 1 aliphatic rings. The second kappa shape index (κ2) is 6.12. The van der Waals surface area contributed by atoms with E-state index >= 15 is 0 Å². The lowest BCUT2D eigenvalue weighted by Crippen LogP contribution is -2.39. The molecule has 100 valence electrons. The van der Waals surface area contributed by atoms with Crippen molar-refractivity contribution in [2.45, 2.75) is 26.4 Å². The van der Waals surface area contributed by atoms with E-state index in [-0.39, 0.29) is 11.7 Å². The predicted molar refractivity (Wildman–Crippen MR) is 77.8 cm³/mol. The third kappa shape index (κ3) is 2.92. The Morgan fingerprint density at radius 2 is 2.33 bits per heavy atom. The van der Waals surface area contributed by atoms with E-state index in [4.69, 9.17) is 4.74 Å². The SMILES string of the molecule is CCc1nc(C2CN(CC)CCO2)[nH]c(=O)c1I. The minimum atomic E-state index is -0.117. The van der Waals surface area contributed by atoms with Crippen LogP contribution in [0.5, 0.6) is 0 Å². The number of ether oxygens (including phenoxy) is 1. The van der Waals surface area contributed by atoms with Gasteiger partial charge in [-0.25, -0.2) is 4.98 Å². The van der Waals surface area contributed by atoms with Crippen LogP contribution in [0.2, 0.25) is 0 Å². The third-order valence-electron chi connectivity index (χ3n) is 3.19. The number of morpholine rings is 1. The van der Waals surface area contributed by atoms with E-state index in [1.165, 1.54) is 0 Å². The van der Waals surface area contributed by atoms with Crippen LogP contribution in [0.1, 0.15) is 31.5 Å². The normalized spacial score (nSPS) is 21.2. The average Bonchev–Trinajstić information content (AvgIpc) is 2.41. The van der Waals surface area contributed by atoms with Crippen molar-refractivity contribution in [2.75, 3.05) is 26.2 Å². The minimum absolute atomic E-state index is 0.0605. The van der Waals surface area contributed by atoms with Gasteiger partial charge < -0.3 is 9.72 Å². The Bertz CT molecular complexity index is 475. The summed E-state index contributed by atoms with van der Waals surface area (Å²) in [5, 5.41) is 0. The zero-order valence-electron chi connectivity index (χ0n) is 10.7. The molecule has 5 nitrogen and oxygen atoms in total. The highest BCUT2D eigenvalue weighted by Gasteiger charge is 2.23. The van der Waals surface area contributed by atoms with Crippen molar-refractivity contribution in [3.8, 4) is 0 Å². The van der Waals surface area contributed by atoms with Crippen LogP contribution in [0.4, 0.5) is 0 Å². The quantitative estimate of drug-likeness (QED) is 0.824. The van der Waals surface area contributed by atoms with Crippen molar-refractivity contribution in [2.24, 2.45) is 0 Å². The minimum Gasteiger partial charge on any atom is -0.368 e. The molecule has 0 aliphatic carbocycles. The summed E-state index contributed by atoms with van der Waals surface area (Å²) in [6, 6.07) is 0. The Kier molecular flexibility index (Phi) is 4.74. The Balaban J connectivity index is 2.27. The van der Waals surface area contributed by atoms with Gasteiger partial charge in [0.1, 0.15) is 11.9 Å². The number of rotatable bonds is 3. The number of H-pyrrole nitrogens is 1. The van der Waals surface area contributed by atoms with E-state index in [9.17, 15) is 4.79 Å². The van der Waals surface area contributed by atoms with Crippen LogP contribution in [0.15, 0.2) is 4.79 Å². The smallest absolute Gasteiger partial charge is 0.264 e. The number of aromatic amines is 1. The first kappa shape index (κ1) is 14.0. The van der Waals surface area contributed by atoms with Crippen LogP contribution in [-0.4, -0.2) is 41.1 Å². The topological polar surface area (TPSA) is 58.2 Å². The zero-order chi connectivity index (χ0) is 13.1. The van der Waals surface area contributed by atoms with Crippen LogP contribution in [0.25, 0.3) is 0 Å².